The molecule has 1 amide bonds. The number of aryl methyl sites for hydroxylation is 1. The van der Waals surface area contributed by atoms with Gasteiger partial charge in [0, 0.05) is 6.07 Å². The molecule has 0 saturated heterocycles. The van der Waals surface area contributed by atoms with Crippen LogP contribution >= 0.6 is 11.6 Å². The lowest BCUT2D eigenvalue weighted by atomic mass is 10.2. The van der Waals surface area contributed by atoms with Gasteiger partial charge in [-0.15, -0.1) is 0 Å². The smallest absolute Gasteiger partial charge is 0.274 e. The Morgan fingerprint density at radius 2 is 1.88 bits per heavy atom. The average molecular weight is 369 g/mol. The van der Waals surface area contributed by atoms with E-state index >= 15 is 0 Å². The van der Waals surface area contributed by atoms with Crippen molar-refractivity contribution in [2.75, 3.05) is 17.7 Å². The summed E-state index contributed by atoms with van der Waals surface area (Å²) in [4.78, 5) is 20.6. The zero-order valence-electron chi connectivity index (χ0n) is 14.3. The second-order valence-electron chi connectivity index (χ2n) is 5.55. The van der Waals surface area contributed by atoms with Gasteiger partial charge >= 0.3 is 0 Å². The van der Waals surface area contributed by atoms with Crippen molar-refractivity contribution in [3.8, 4) is 5.75 Å². The molecule has 2 aromatic carbocycles. The molecule has 7 heteroatoms. The lowest BCUT2D eigenvalue weighted by Crippen LogP contribution is -2.14. The SMILES string of the molecule is COc1ccc(C)cc1Nc1cc(C(=O)Nc2ccccc2Cl)ncn1. The van der Waals surface area contributed by atoms with Crippen LogP contribution < -0.4 is 15.4 Å². The Hall–Kier alpha value is -3.12. The van der Waals surface area contributed by atoms with E-state index in [0.29, 0.717) is 22.3 Å². The van der Waals surface area contributed by atoms with Gasteiger partial charge in [0.25, 0.3) is 5.91 Å². The average Bonchev–Trinajstić information content (AvgIpc) is 2.64. The first kappa shape index (κ1) is 17.7. The van der Waals surface area contributed by atoms with Gasteiger partial charge in [-0.3, -0.25) is 4.79 Å². The topological polar surface area (TPSA) is 76.1 Å². The molecule has 26 heavy (non-hydrogen) atoms. The molecule has 3 aromatic rings. The maximum atomic E-state index is 12.4. The van der Waals surface area contributed by atoms with Gasteiger partial charge in [0.2, 0.25) is 0 Å². The summed E-state index contributed by atoms with van der Waals surface area (Å²) in [5, 5.41) is 6.34. The molecule has 0 radical (unpaired) electrons. The van der Waals surface area contributed by atoms with Gasteiger partial charge in [0.1, 0.15) is 23.6 Å². The Kier molecular flexibility index (Phi) is 5.34. The number of halogens is 1. The van der Waals surface area contributed by atoms with E-state index in [-0.39, 0.29) is 11.6 Å². The molecule has 0 saturated carbocycles. The van der Waals surface area contributed by atoms with Crippen molar-refractivity contribution in [3.05, 3.63) is 71.1 Å². The van der Waals surface area contributed by atoms with Gasteiger partial charge in [-0.1, -0.05) is 29.8 Å². The Morgan fingerprint density at radius 3 is 2.65 bits per heavy atom. The number of benzene rings is 2. The van der Waals surface area contributed by atoms with Crippen molar-refractivity contribution >= 4 is 34.7 Å². The first-order valence-electron chi connectivity index (χ1n) is 7.86. The van der Waals surface area contributed by atoms with E-state index in [1.54, 1.807) is 37.4 Å². The fraction of sp³-hybridized carbons (Fsp3) is 0.105. The molecule has 0 bridgehead atoms. The monoisotopic (exact) mass is 368 g/mol. The summed E-state index contributed by atoms with van der Waals surface area (Å²) in [6.45, 7) is 1.98. The highest BCUT2D eigenvalue weighted by Gasteiger charge is 2.12. The van der Waals surface area contributed by atoms with Crippen molar-refractivity contribution in [2.24, 2.45) is 0 Å². The first-order chi connectivity index (χ1) is 12.6. The number of aromatic nitrogens is 2. The van der Waals surface area contributed by atoms with Gasteiger partial charge in [0.05, 0.1) is 23.5 Å². The van der Waals surface area contributed by atoms with E-state index < -0.39 is 0 Å². The molecule has 0 aliphatic heterocycles. The number of rotatable bonds is 5. The van der Waals surface area contributed by atoms with Crippen LogP contribution in [0, 0.1) is 6.92 Å². The summed E-state index contributed by atoms with van der Waals surface area (Å²) < 4.78 is 5.34. The van der Waals surface area contributed by atoms with Crippen LogP contribution in [-0.4, -0.2) is 23.0 Å². The highest BCUT2D eigenvalue weighted by atomic mass is 35.5. The maximum Gasteiger partial charge on any atom is 0.274 e. The second kappa shape index (κ2) is 7.84. The molecule has 132 valence electrons. The van der Waals surface area contributed by atoms with Crippen LogP contribution in [0.5, 0.6) is 5.75 Å². The molecule has 0 fully saturated rings. The van der Waals surface area contributed by atoms with E-state index in [1.807, 2.05) is 25.1 Å². The van der Waals surface area contributed by atoms with Gasteiger partial charge in [-0.05, 0) is 36.8 Å². The van der Waals surface area contributed by atoms with E-state index in [0.717, 1.165) is 11.3 Å². The molecule has 0 aliphatic rings. The van der Waals surface area contributed by atoms with Crippen LogP contribution in [0.3, 0.4) is 0 Å². The zero-order valence-corrected chi connectivity index (χ0v) is 15.0. The number of carbonyl (C=O) groups is 1. The standard InChI is InChI=1S/C19H17ClN4O2/c1-12-7-8-17(26-2)15(9-12)23-18-10-16(21-11-22-18)19(25)24-14-6-4-3-5-13(14)20/h3-11H,1-2H3,(H,24,25)(H,21,22,23). The highest BCUT2D eigenvalue weighted by Crippen LogP contribution is 2.28. The Labute approximate surface area is 156 Å². The van der Waals surface area contributed by atoms with Crippen molar-refractivity contribution in [1.29, 1.82) is 0 Å². The second-order valence-corrected chi connectivity index (χ2v) is 5.96. The fourth-order valence-corrected chi connectivity index (χ4v) is 2.54. The highest BCUT2D eigenvalue weighted by molar-refractivity contribution is 6.33. The number of carbonyl (C=O) groups excluding carboxylic acids is 1. The van der Waals surface area contributed by atoms with Crippen LogP contribution in [0.25, 0.3) is 0 Å². The largest absolute Gasteiger partial charge is 0.495 e. The first-order valence-corrected chi connectivity index (χ1v) is 8.24. The lowest BCUT2D eigenvalue weighted by molar-refractivity contribution is 0.102. The van der Waals surface area contributed by atoms with Gasteiger partial charge in [0.15, 0.2) is 0 Å². The van der Waals surface area contributed by atoms with Gasteiger partial charge < -0.3 is 15.4 Å². The zero-order chi connectivity index (χ0) is 18.5. The van der Waals surface area contributed by atoms with Gasteiger partial charge in [-0.2, -0.15) is 0 Å². The van der Waals surface area contributed by atoms with E-state index in [2.05, 4.69) is 20.6 Å². The molecule has 0 unspecified atom stereocenters. The molecular formula is C19H17ClN4O2. The van der Waals surface area contributed by atoms with Crippen LogP contribution in [-0.2, 0) is 0 Å². The fourth-order valence-electron chi connectivity index (χ4n) is 2.36. The molecule has 2 N–H and O–H groups in total. The predicted octanol–water partition coefficient (Wildman–Crippen LogP) is 4.44. The van der Waals surface area contributed by atoms with Crippen molar-refractivity contribution < 1.29 is 9.53 Å². The maximum absolute atomic E-state index is 12.4. The van der Waals surface area contributed by atoms with E-state index in [1.165, 1.54) is 6.33 Å². The predicted molar refractivity (Wildman–Crippen MR) is 102 cm³/mol. The van der Waals surface area contributed by atoms with Crippen molar-refractivity contribution in [3.63, 3.8) is 0 Å². The molecular weight excluding hydrogens is 352 g/mol. The molecule has 0 atom stereocenters. The quantitative estimate of drug-likeness (QED) is 0.696. The number of hydrogen-bond acceptors (Lipinski definition) is 5. The minimum absolute atomic E-state index is 0.217. The number of para-hydroxylation sites is 1. The van der Waals surface area contributed by atoms with Gasteiger partial charge in [-0.25, -0.2) is 9.97 Å². The minimum Gasteiger partial charge on any atom is -0.495 e. The molecule has 1 heterocycles. The van der Waals surface area contributed by atoms with Crippen molar-refractivity contribution in [1.82, 2.24) is 9.97 Å². The normalized spacial score (nSPS) is 10.3. The molecule has 0 spiro atoms. The Bertz CT molecular complexity index is 946. The van der Waals surface area contributed by atoms with Crippen molar-refractivity contribution in [2.45, 2.75) is 6.92 Å². The number of nitrogens with one attached hydrogen (secondary N) is 2. The van der Waals surface area contributed by atoms with Crippen LogP contribution in [0.4, 0.5) is 17.2 Å². The number of anilines is 3. The molecule has 6 nitrogen and oxygen atoms in total. The number of methoxy groups -OCH3 is 1. The molecule has 0 aliphatic carbocycles. The summed E-state index contributed by atoms with van der Waals surface area (Å²) in [5.74, 6) is 0.782. The third-order valence-corrected chi connectivity index (χ3v) is 3.97. The lowest BCUT2D eigenvalue weighted by Gasteiger charge is -2.12. The number of nitrogens with zero attached hydrogens (tertiary/aromatic N) is 2. The molecule has 3 rings (SSSR count). The van der Waals surface area contributed by atoms with Crippen LogP contribution in [0.2, 0.25) is 5.02 Å². The van der Waals surface area contributed by atoms with E-state index in [9.17, 15) is 4.79 Å². The minimum atomic E-state index is -0.375. The van der Waals surface area contributed by atoms with Crippen LogP contribution in [0.15, 0.2) is 54.9 Å². The number of ether oxygens (including phenoxy) is 1. The summed E-state index contributed by atoms with van der Waals surface area (Å²) in [5.41, 5.74) is 2.56. The van der Waals surface area contributed by atoms with E-state index in [4.69, 9.17) is 16.3 Å². The Morgan fingerprint density at radius 1 is 1.08 bits per heavy atom. The third-order valence-electron chi connectivity index (χ3n) is 3.64. The summed E-state index contributed by atoms with van der Waals surface area (Å²) in [7, 11) is 1.60. The molecule has 1 aromatic heterocycles. The third kappa shape index (κ3) is 4.10. The van der Waals surface area contributed by atoms with Crippen LogP contribution in [0.1, 0.15) is 16.1 Å². The number of hydrogen-bond donors (Lipinski definition) is 2. The summed E-state index contributed by atoms with van der Waals surface area (Å²) in [6.07, 6.45) is 1.33. The summed E-state index contributed by atoms with van der Waals surface area (Å²) >= 11 is 6.07. The summed E-state index contributed by atoms with van der Waals surface area (Å²) in [6, 6.07) is 14.3. The number of amides is 1. The Balaban J connectivity index is 1.81.